The van der Waals surface area contributed by atoms with Gasteiger partial charge in [-0.25, -0.2) is 0 Å². The van der Waals surface area contributed by atoms with Crippen LogP contribution in [-0.4, -0.2) is 46.4 Å². The van der Waals surface area contributed by atoms with Crippen LogP contribution in [0.2, 0.25) is 0 Å². The number of rotatable bonds is 7. The minimum absolute atomic E-state index is 0.0281. The van der Waals surface area contributed by atoms with Crippen molar-refractivity contribution < 1.29 is 23.7 Å². The molecule has 2 rings (SSSR count). The summed E-state index contributed by atoms with van der Waals surface area (Å²) < 4.78 is 27.3. The van der Waals surface area contributed by atoms with Crippen LogP contribution in [0.15, 0.2) is 24.3 Å². The van der Waals surface area contributed by atoms with Gasteiger partial charge in [-0.05, 0) is 18.6 Å². The zero-order chi connectivity index (χ0) is 15.1. The van der Waals surface area contributed by atoms with Gasteiger partial charge in [-0.2, -0.15) is 0 Å². The minimum Gasteiger partial charge on any atom is -0.399 e. The van der Waals surface area contributed by atoms with E-state index in [1.807, 2.05) is 24.3 Å². The molecule has 1 fully saturated rings. The molecule has 0 aliphatic carbocycles. The lowest BCUT2D eigenvalue weighted by Gasteiger charge is -2.28. The molecule has 118 valence electrons. The average molecular weight is 297 g/mol. The predicted molar refractivity (Wildman–Crippen MR) is 77.7 cm³/mol. The minimum atomic E-state index is -0.401. The van der Waals surface area contributed by atoms with Crippen LogP contribution in [0.5, 0.6) is 0 Å². The maximum atomic E-state index is 5.74. The number of ether oxygens (including phenoxy) is 5. The first-order chi connectivity index (χ1) is 10.2. The molecule has 2 N–H and O–H groups in total. The Kier molecular flexibility index (Phi) is 6.41. The molecule has 0 bridgehead atoms. The highest BCUT2D eigenvalue weighted by molar-refractivity contribution is 5.39. The van der Waals surface area contributed by atoms with E-state index in [9.17, 15) is 0 Å². The highest BCUT2D eigenvalue weighted by atomic mass is 16.7. The van der Waals surface area contributed by atoms with Gasteiger partial charge in [-0.1, -0.05) is 12.1 Å². The van der Waals surface area contributed by atoms with E-state index in [1.165, 1.54) is 0 Å². The Hall–Kier alpha value is -1.18. The molecule has 6 nitrogen and oxygen atoms in total. The van der Waals surface area contributed by atoms with Crippen LogP contribution in [0.25, 0.3) is 0 Å². The van der Waals surface area contributed by atoms with Crippen LogP contribution >= 0.6 is 0 Å². The summed E-state index contributed by atoms with van der Waals surface area (Å²) in [6.07, 6.45) is 0.108. The molecule has 0 saturated carbocycles. The standard InChI is InChI=1S/C15H23NO5/c1-17-14-10-20-13(9-21-14)7-8-19-15(18-2)11-3-5-12(16)6-4-11/h3-6,13-15H,7-10,16H2,1-2H3. The first-order valence-corrected chi connectivity index (χ1v) is 6.98. The zero-order valence-corrected chi connectivity index (χ0v) is 12.5. The van der Waals surface area contributed by atoms with E-state index in [0.29, 0.717) is 25.5 Å². The van der Waals surface area contributed by atoms with Crippen molar-refractivity contribution in [1.29, 1.82) is 0 Å². The second-order valence-corrected chi connectivity index (χ2v) is 4.85. The van der Waals surface area contributed by atoms with Crippen molar-refractivity contribution in [3.63, 3.8) is 0 Å². The van der Waals surface area contributed by atoms with Gasteiger partial charge >= 0.3 is 0 Å². The maximum absolute atomic E-state index is 5.74. The Bertz CT molecular complexity index is 403. The van der Waals surface area contributed by atoms with Gasteiger partial charge in [0.2, 0.25) is 0 Å². The number of methoxy groups -OCH3 is 2. The summed E-state index contributed by atoms with van der Waals surface area (Å²) in [6.45, 7) is 1.49. The van der Waals surface area contributed by atoms with Gasteiger partial charge < -0.3 is 29.4 Å². The first-order valence-electron chi connectivity index (χ1n) is 6.98. The van der Waals surface area contributed by atoms with E-state index in [0.717, 1.165) is 12.0 Å². The number of hydrogen-bond donors (Lipinski definition) is 1. The van der Waals surface area contributed by atoms with Crippen LogP contribution < -0.4 is 5.73 Å². The summed E-state index contributed by atoms with van der Waals surface area (Å²) >= 11 is 0. The second-order valence-electron chi connectivity index (χ2n) is 4.85. The van der Waals surface area contributed by atoms with Gasteiger partial charge in [-0.3, -0.25) is 0 Å². The molecule has 6 heteroatoms. The topological polar surface area (TPSA) is 72.2 Å². The normalized spacial score (nSPS) is 23.9. The van der Waals surface area contributed by atoms with Crippen molar-refractivity contribution in [3.05, 3.63) is 29.8 Å². The Morgan fingerprint density at radius 1 is 1.19 bits per heavy atom. The molecular weight excluding hydrogens is 274 g/mol. The van der Waals surface area contributed by atoms with E-state index in [-0.39, 0.29) is 12.4 Å². The number of benzene rings is 1. The van der Waals surface area contributed by atoms with Crippen LogP contribution in [0.1, 0.15) is 18.3 Å². The lowest BCUT2D eigenvalue weighted by Crippen LogP contribution is -2.37. The van der Waals surface area contributed by atoms with Crippen LogP contribution in [-0.2, 0) is 23.7 Å². The summed E-state index contributed by atoms with van der Waals surface area (Å²) in [6, 6.07) is 7.45. The SMILES string of the molecule is COC1COC(CCOC(OC)c2ccc(N)cc2)CO1. The molecule has 1 saturated heterocycles. The lowest BCUT2D eigenvalue weighted by atomic mass is 10.2. The van der Waals surface area contributed by atoms with E-state index >= 15 is 0 Å². The van der Waals surface area contributed by atoms with Crippen molar-refractivity contribution in [3.8, 4) is 0 Å². The summed E-state index contributed by atoms with van der Waals surface area (Å²) in [5, 5.41) is 0. The highest BCUT2D eigenvalue weighted by Crippen LogP contribution is 2.20. The summed E-state index contributed by atoms with van der Waals surface area (Å²) in [5.74, 6) is 0. The number of anilines is 1. The number of hydrogen-bond acceptors (Lipinski definition) is 6. The van der Waals surface area contributed by atoms with Crippen molar-refractivity contribution in [2.24, 2.45) is 0 Å². The lowest BCUT2D eigenvalue weighted by molar-refractivity contribution is -0.229. The van der Waals surface area contributed by atoms with Gasteiger partial charge in [0, 0.05) is 25.5 Å². The molecule has 0 radical (unpaired) electrons. The molecule has 3 atom stereocenters. The fraction of sp³-hybridized carbons (Fsp3) is 0.600. The molecule has 21 heavy (non-hydrogen) atoms. The Morgan fingerprint density at radius 3 is 2.52 bits per heavy atom. The smallest absolute Gasteiger partial charge is 0.183 e. The molecule has 0 amide bonds. The van der Waals surface area contributed by atoms with Crippen molar-refractivity contribution in [2.75, 3.05) is 39.8 Å². The molecule has 1 aliphatic heterocycles. The first kappa shape index (κ1) is 16.2. The average Bonchev–Trinajstić information content (AvgIpc) is 2.53. The van der Waals surface area contributed by atoms with Gasteiger partial charge in [0.05, 0.1) is 25.9 Å². The fourth-order valence-corrected chi connectivity index (χ4v) is 2.09. The summed E-state index contributed by atoms with van der Waals surface area (Å²) in [7, 11) is 3.22. The van der Waals surface area contributed by atoms with Crippen molar-refractivity contribution >= 4 is 5.69 Å². The monoisotopic (exact) mass is 297 g/mol. The van der Waals surface area contributed by atoms with Gasteiger partial charge in [-0.15, -0.1) is 0 Å². The third-order valence-corrected chi connectivity index (χ3v) is 3.33. The number of nitrogen functional groups attached to an aromatic ring is 1. The number of nitrogens with two attached hydrogens (primary N) is 1. The van der Waals surface area contributed by atoms with Crippen molar-refractivity contribution in [2.45, 2.75) is 25.1 Å². The van der Waals surface area contributed by atoms with E-state index < -0.39 is 6.29 Å². The highest BCUT2D eigenvalue weighted by Gasteiger charge is 2.22. The molecule has 1 aliphatic rings. The Labute approximate surface area is 125 Å². The van der Waals surface area contributed by atoms with Gasteiger partial charge in [0.25, 0.3) is 0 Å². The molecule has 1 aromatic rings. The molecule has 0 spiro atoms. The maximum Gasteiger partial charge on any atom is 0.183 e. The molecule has 0 aromatic heterocycles. The molecule has 1 heterocycles. The summed E-state index contributed by atoms with van der Waals surface area (Å²) in [4.78, 5) is 0. The van der Waals surface area contributed by atoms with Gasteiger partial charge in [0.15, 0.2) is 12.6 Å². The second kappa shape index (κ2) is 8.31. The molecular formula is C15H23NO5. The summed E-state index contributed by atoms with van der Waals surface area (Å²) in [5.41, 5.74) is 7.32. The van der Waals surface area contributed by atoms with E-state index in [2.05, 4.69) is 0 Å². The Balaban J connectivity index is 1.72. The predicted octanol–water partition coefficient (Wildman–Crippen LogP) is 1.71. The zero-order valence-electron chi connectivity index (χ0n) is 12.5. The quantitative estimate of drug-likeness (QED) is 0.610. The third kappa shape index (κ3) is 4.94. The fourth-order valence-electron chi connectivity index (χ4n) is 2.09. The molecule has 3 unspecified atom stereocenters. The van der Waals surface area contributed by atoms with Crippen LogP contribution in [0.4, 0.5) is 5.69 Å². The van der Waals surface area contributed by atoms with Crippen LogP contribution in [0, 0.1) is 0 Å². The Morgan fingerprint density at radius 2 is 1.95 bits per heavy atom. The largest absolute Gasteiger partial charge is 0.399 e. The van der Waals surface area contributed by atoms with Crippen LogP contribution in [0.3, 0.4) is 0 Å². The third-order valence-electron chi connectivity index (χ3n) is 3.33. The van der Waals surface area contributed by atoms with Crippen molar-refractivity contribution in [1.82, 2.24) is 0 Å². The van der Waals surface area contributed by atoms with Gasteiger partial charge in [0.1, 0.15) is 0 Å². The van der Waals surface area contributed by atoms with E-state index in [1.54, 1.807) is 14.2 Å². The van der Waals surface area contributed by atoms with E-state index in [4.69, 9.17) is 29.4 Å². The molecule has 1 aromatic carbocycles.